The summed E-state index contributed by atoms with van der Waals surface area (Å²) in [6.07, 6.45) is 0.379. The van der Waals surface area contributed by atoms with Crippen molar-refractivity contribution in [1.82, 2.24) is 4.98 Å². The van der Waals surface area contributed by atoms with Gasteiger partial charge >= 0.3 is 5.97 Å². The molecule has 3 aromatic rings. The number of nitrogens with zero attached hydrogens (tertiary/aromatic N) is 1. The topological polar surface area (TPSA) is 114 Å². The number of nitrogens with one attached hydrogen (secondary N) is 2. The van der Waals surface area contributed by atoms with Gasteiger partial charge in [-0.25, -0.2) is 18.2 Å². The number of hydrogen-bond donors (Lipinski definition) is 2. The molecule has 0 aliphatic heterocycles. The van der Waals surface area contributed by atoms with Gasteiger partial charge < -0.3 is 10.1 Å². The average Bonchev–Trinajstić information content (AvgIpc) is 2.77. The predicted octanol–water partition coefficient (Wildman–Crippen LogP) is 4.34. The first-order valence-corrected chi connectivity index (χ1v) is 11.8. The Labute approximate surface area is 197 Å². The summed E-state index contributed by atoms with van der Waals surface area (Å²) in [4.78, 5) is 28.7. The summed E-state index contributed by atoms with van der Waals surface area (Å²) in [6.45, 7) is 4.95. The lowest BCUT2D eigenvalue weighted by Crippen LogP contribution is -2.30. The van der Waals surface area contributed by atoms with Gasteiger partial charge in [0.1, 0.15) is 0 Å². The number of hydrogen-bond acceptors (Lipinski definition) is 6. The maximum atomic E-state index is 12.7. The molecule has 1 unspecified atom stereocenters. The molecule has 2 N–H and O–H groups in total. The van der Waals surface area contributed by atoms with Crippen LogP contribution in [0.5, 0.6) is 0 Å². The molecule has 0 aliphatic carbocycles. The Kier molecular flexibility index (Phi) is 7.35. The van der Waals surface area contributed by atoms with E-state index in [2.05, 4.69) is 15.0 Å². The second kappa shape index (κ2) is 10.0. The van der Waals surface area contributed by atoms with Gasteiger partial charge in [-0.2, -0.15) is 0 Å². The highest BCUT2D eigenvalue weighted by atomic mass is 35.5. The first-order valence-electron chi connectivity index (χ1n) is 9.89. The van der Waals surface area contributed by atoms with Gasteiger partial charge in [-0.1, -0.05) is 23.7 Å². The van der Waals surface area contributed by atoms with Crippen molar-refractivity contribution in [3.63, 3.8) is 0 Å². The van der Waals surface area contributed by atoms with Crippen molar-refractivity contribution >= 4 is 44.9 Å². The lowest BCUT2D eigenvalue weighted by atomic mass is 10.2. The van der Waals surface area contributed by atoms with Crippen LogP contribution in [0.2, 0.25) is 5.15 Å². The van der Waals surface area contributed by atoms with Crippen LogP contribution in [0.1, 0.15) is 28.4 Å². The highest BCUT2D eigenvalue weighted by Gasteiger charge is 2.21. The molecule has 3 rings (SSSR count). The van der Waals surface area contributed by atoms with E-state index in [1.807, 2.05) is 13.0 Å². The molecule has 1 heterocycles. The zero-order chi connectivity index (χ0) is 24.2. The molecule has 0 spiro atoms. The standard InChI is InChI=1S/C23H22ClN3O5S/c1-14-6-7-15(2)20(13-14)33(30,31)27-18-10-8-17(9-11-18)23(29)32-16(3)22(28)26-19-5-4-12-25-21(19)24/h4-13,16,27H,1-3H3,(H,26,28). The summed E-state index contributed by atoms with van der Waals surface area (Å²) in [5.74, 6) is -1.31. The van der Waals surface area contributed by atoms with Crippen LogP contribution in [0.15, 0.2) is 65.7 Å². The Bertz CT molecular complexity index is 1290. The van der Waals surface area contributed by atoms with E-state index >= 15 is 0 Å². The molecule has 0 aliphatic rings. The number of sulfonamides is 1. The van der Waals surface area contributed by atoms with Crippen LogP contribution in [0, 0.1) is 13.8 Å². The fourth-order valence-corrected chi connectivity index (χ4v) is 4.43. The molecular formula is C23H22ClN3O5S. The second-order valence-electron chi connectivity index (χ2n) is 7.33. The largest absolute Gasteiger partial charge is 0.449 e. The van der Waals surface area contributed by atoms with E-state index in [4.69, 9.17) is 16.3 Å². The molecule has 8 nitrogen and oxygen atoms in total. The van der Waals surface area contributed by atoms with Crippen LogP contribution in [0.3, 0.4) is 0 Å². The maximum Gasteiger partial charge on any atom is 0.338 e. The SMILES string of the molecule is Cc1ccc(C)c(S(=O)(=O)Nc2ccc(C(=O)OC(C)C(=O)Nc3cccnc3Cl)cc2)c1. The zero-order valence-electron chi connectivity index (χ0n) is 18.1. The summed E-state index contributed by atoms with van der Waals surface area (Å²) < 4.78 is 33.1. The Morgan fingerprint density at radius 1 is 1.06 bits per heavy atom. The number of anilines is 2. The molecule has 0 saturated heterocycles. The summed E-state index contributed by atoms with van der Waals surface area (Å²) in [5, 5.41) is 2.65. The predicted molar refractivity (Wildman–Crippen MR) is 126 cm³/mol. The average molecular weight is 488 g/mol. The van der Waals surface area contributed by atoms with Crippen LogP contribution < -0.4 is 10.0 Å². The normalized spacial score (nSPS) is 12.0. The number of amides is 1. The number of halogens is 1. The highest BCUT2D eigenvalue weighted by molar-refractivity contribution is 7.92. The molecule has 0 fully saturated rings. The van der Waals surface area contributed by atoms with Crippen molar-refractivity contribution in [3.8, 4) is 0 Å². The number of pyridine rings is 1. The summed E-state index contributed by atoms with van der Waals surface area (Å²) in [6, 6.07) is 14.0. The van der Waals surface area contributed by atoms with Crippen molar-refractivity contribution in [2.75, 3.05) is 10.0 Å². The van der Waals surface area contributed by atoms with Gasteiger partial charge in [0, 0.05) is 11.9 Å². The molecule has 1 aromatic heterocycles. The van der Waals surface area contributed by atoms with Crippen molar-refractivity contribution in [3.05, 3.63) is 82.6 Å². The molecule has 1 amide bonds. The third-order valence-corrected chi connectivity index (χ3v) is 6.50. The van der Waals surface area contributed by atoms with E-state index in [1.165, 1.54) is 37.4 Å². The Morgan fingerprint density at radius 3 is 2.42 bits per heavy atom. The van der Waals surface area contributed by atoms with E-state index in [0.29, 0.717) is 11.3 Å². The minimum Gasteiger partial charge on any atom is -0.449 e. The third-order valence-electron chi connectivity index (χ3n) is 4.68. The number of benzene rings is 2. The summed E-state index contributed by atoms with van der Waals surface area (Å²) in [7, 11) is -3.80. The molecule has 0 bridgehead atoms. The van der Waals surface area contributed by atoms with Gasteiger partial charge in [0.2, 0.25) is 0 Å². The first-order chi connectivity index (χ1) is 15.6. The van der Waals surface area contributed by atoms with E-state index in [-0.39, 0.29) is 21.3 Å². The Morgan fingerprint density at radius 2 is 1.76 bits per heavy atom. The number of aryl methyl sites for hydroxylation is 2. The van der Waals surface area contributed by atoms with Crippen LogP contribution >= 0.6 is 11.6 Å². The van der Waals surface area contributed by atoms with Crippen molar-refractivity contribution in [1.29, 1.82) is 0 Å². The highest BCUT2D eigenvalue weighted by Crippen LogP contribution is 2.22. The van der Waals surface area contributed by atoms with Gasteiger partial charge in [-0.15, -0.1) is 0 Å². The summed E-state index contributed by atoms with van der Waals surface area (Å²) in [5.41, 5.74) is 2.18. The third kappa shape index (κ3) is 6.09. The molecule has 1 atom stereocenters. The van der Waals surface area contributed by atoms with Crippen LogP contribution in [0.4, 0.5) is 11.4 Å². The molecular weight excluding hydrogens is 466 g/mol. The number of carbonyl (C=O) groups excluding carboxylic acids is 2. The van der Waals surface area contributed by atoms with Gasteiger partial charge in [0.25, 0.3) is 15.9 Å². The minimum atomic E-state index is -3.80. The quantitative estimate of drug-likeness (QED) is 0.378. The van der Waals surface area contributed by atoms with Crippen molar-refractivity contribution < 1.29 is 22.7 Å². The van der Waals surface area contributed by atoms with Gasteiger partial charge in [-0.3, -0.25) is 9.52 Å². The Balaban J connectivity index is 1.64. The lowest BCUT2D eigenvalue weighted by molar-refractivity contribution is -0.123. The smallest absolute Gasteiger partial charge is 0.338 e. The first kappa shape index (κ1) is 24.2. The number of rotatable bonds is 7. The fourth-order valence-electron chi connectivity index (χ4n) is 2.88. The van der Waals surface area contributed by atoms with E-state index in [9.17, 15) is 18.0 Å². The number of ether oxygens (including phenoxy) is 1. The van der Waals surface area contributed by atoms with Crippen LogP contribution in [-0.4, -0.2) is 31.4 Å². The molecule has 2 aromatic carbocycles. The van der Waals surface area contributed by atoms with Gasteiger partial charge in [0.05, 0.1) is 16.1 Å². The molecule has 172 valence electrons. The van der Waals surface area contributed by atoms with Crippen molar-refractivity contribution in [2.24, 2.45) is 0 Å². The van der Waals surface area contributed by atoms with Gasteiger partial charge in [0.15, 0.2) is 11.3 Å². The molecule has 0 saturated carbocycles. The van der Waals surface area contributed by atoms with E-state index in [1.54, 1.807) is 31.2 Å². The van der Waals surface area contributed by atoms with Crippen molar-refractivity contribution in [2.45, 2.75) is 31.8 Å². The lowest BCUT2D eigenvalue weighted by Gasteiger charge is -2.14. The number of carbonyl (C=O) groups is 2. The Hall–Kier alpha value is -3.43. The zero-order valence-corrected chi connectivity index (χ0v) is 19.7. The number of aromatic nitrogens is 1. The molecule has 10 heteroatoms. The summed E-state index contributed by atoms with van der Waals surface area (Å²) >= 11 is 5.91. The van der Waals surface area contributed by atoms with Gasteiger partial charge in [-0.05, 0) is 74.4 Å². The molecule has 33 heavy (non-hydrogen) atoms. The number of esters is 1. The van der Waals surface area contributed by atoms with Crippen LogP contribution in [0.25, 0.3) is 0 Å². The maximum absolute atomic E-state index is 12.7. The monoisotopic (exact) mass is 487 g/mol. The van der Waals surface area contributed by atoms with E-state index < -0.39 is 28.0 Å². The fraction of sp³-hybridized carbons (Fsp3) is 0.174. The van der Waals surface area contributed by atoms with E-state index in [0.717, 1.165) is 5.56 Å². The minimum absolute atomic E-state index is 0.114. The molecule has 0 radical (unpaired) electrons. The van der Waals surface area contributed by atoms with Crippen LogP contribution in [-0.2, 0) is 19.6 Å². The second-order valence-corrected chi connectivity index (χ2v) is 9.34.